The van der Waals surface area contributed by atoms with Gasteiger partial charge in [0.15, 0.2) is 5.69 Å². The third-order valence-electron chi connectivity index (χ3n) is 5.51. The molecule has 2 aromatic rings. The van der Waals surface area contributed by atoms with Gasteiger partial charge < -0.3 is 10.6 Å². The number of hydrogen-bond acceptors (Lipinski definition) is 5. The Kier molecular flexibility index (Phi) is 5.78. The van der Waals surface area contributed by atoms with E-state index < -0.39 is 0 Å². The molecule has 1 amide bonds. The maximum Gasteiger partial charge on any atom is 0.278 e. The lowest BCUT2D eigenvalue weighted by atomic mass is 10.1. The summed E-state index contributed by atoms with van der Waals surface area (Å²) >= 11 is 1.95. The predicted molar refractivity (Wildman–Crippen MR) is 108 cm³/mol. The molecule has 2 N–H and O–H groups in total. The van der Waals surface area contributed by atoms with Crippen molar-refractivity contribution in [2.45, 2.75) is 61.6 Å². The third-order valence-corrected chi connectivity index (χ3v) is 6.86. The highest BCUT2D eigenvalue weighted by Crippen LogP contribution is 2.35. The Hall–Kier alpha value is -1.86. The van der Waals surface area contributed by atoms with E-state index in [1.165, 1.54) is 30.6 Å². The summed E-state index contributed by atoms with van der Waals surface area (Å²) in [6, 6.07) is 8.46. The summed E-state index contributed by atoms with van der Waals surface area (Å²) in [5.74, 6) is -0.191. The van der Waals surface area contributed by atoms with Crippen LogP contribution in [0.1, 0.15) is 60.7 Å². The lowest BCUT2D eigenvalue weighted by molar-refractivity contribution is 0.102. The Morgan fingerprint density at radius 1 is 1.15 bits per heavy atom. The van der Waals surface area contributed by atoms with Crippen molar-refractivity contribution in [2.24, 2.45) is 0 Å². The highest BCUT2D eigenvalue weighted by molar-refractivity contribution is 8.00. The first kappa shape index (κ1) is 18.5. The average Bonchev–Trinajstić information content (AvgIpc) is 3.33. The fourth-order valence-corrected chi connectivity index (χ4v) is 5.20. The molecule has 1 aromatic heterocycles. The minimum absolute atomic E-state index is 0.191. The van der Waals surface area contributed by atoms with E-state index in [9.17, 15) is 4.79 Å². The van der Waals surface area contributed by atoms with Crippen LogP contribution < -0.4 is 10.6 Å². The van der Waals surface area contributed by atoms with E-state index >= 15 is 0 Å². The van der Waals surface area contributed by atoms with Gasteiger partial charge in [-0.25, -0.2) is 4.68 Å². The van der Waals surface area contributed by atoms with Gasteiger partial charge in [0.2, 0.25) is 0 Å². The van der Waals surface area contributed by atoms with Crippen molar-refractivity contribution in [3.63, 3.8) is 0 Å². The molecule has 7 heteroatoms. The smallest absolute Gasteiger partial charge is 0.278 e. The Balaban J connectivity index is 1.39. The number of thioether (sulfide) groups is 1. The third kappa shape index (κ3) is 4.35. The molecule has 2 fully saturated rings. The molecule has 0 radical (unpaired) electrons. The van der Waals surface area contributed by atoms with E-state index in [1.54, 1.807) is 0 Å². The molecular formula is C20H27N5OS. The van der Waals surface area contributed by atoms with Crippen LogP contribution in [0, 0.1) is 6.92 Å². The van der Waals surface area contributed by atoms with Crippen LogP contribution in [-0.4, -0.2) is 39.2 Å². The molecule has 4 rings (SSSR count). The standard InChI is InChI=1S/C20H27N5OS/c1-14-19(23-24-25(14)16-10-12-21-13-11-16)20(26)22-15-6-8-18(9-7-15)27-17-4-2-3-5-17/h6-9,16-17,21H,2-5,10-13H2,1H3,(H,22,26). The van der Waals surface area contributed by atoms with Crippen LogP contribution in [0.4, 0.5) is 5.69 Å². The SMILES string of the molecule is Cc1c(C(=O)Nc2ccc(SC3CCCC3)cc2)nnn1C1CCNCC1. The van der Waals surface area contributed by atoms with Gasteiger partial charge in [-0.1, -0.05) is 18.1 Å². The molecule has 1 aliphatic carbocycles. The number of nitrogens with one attached hydrogen (secondary N) is 2. The number of anilines is 1. The van der Waals surface area contributed by atoms with Crippen molar-refractivity contribution < 1.29 is 4.79 Å². The van der Waals surface area contributed by atoms with Crippen LogP contribution >= 0.6 is 11.8 Å². The van der Waals surface area contributed by atoms with Gasteiger partial charge in [0.05, 0.1) is 11.7 Å². The first-order valence-corrected chi connectivity index (χ1v) is 10.8. The summed E-state index contributed by atoms with van der Waals surface area (Å²) in [7, 11) is 0. The van der Waals surface area contributed by atoms with E-state index in [1.807, 2.05) is 35.5 Å². The second-order valence-electron chi connectivity index (χ2n) is 7.45. The zero-order chi connectivity index (χ0) is 18.6. The van der Waals surface area contributed by atoms with Crippen molar-refractivity contribution in [1.29, 1.82) is 0 Å². The highest BCUT2D eigenvalue weighted by Gasteiger charge is 2.23. The van der Waals surface area contributed by atoms with Crippen molar-refractivity contribution in [1.82, 2.24) is 20.3 Å². The largest absolute Gasteiger partial charge is 0.321 e. The van der Waals surface area contributed by atoms with E-state index in [0.29, 0.717) is 11.7 Å². The molecule has 0 unspecified atom stereocenters. The molecular weight excluding hydrogens is 358 g/mol. The molecule has 0 spiro atoms. The normalized spacial score (nSPS) is 18.7. The number of nitrogens with zero attached hydrogens (tertiary/aromatic N) is 3. The minimum atomic E-state index is -0.191. The number of benzene rings is 1. The molecule has 1 saturated carbocycles. The van der Waals surface area contributed by atoms with Crippen LogP contribution in [0.3, 0.4) is 0 Å². The Morgan fingerprint density at radius 3 is 2.56 bits per heavy atom. The van der Waals surface area contributed by atoms with E-state index in [2.05, 4.69) is 33.1 Å². The Labute approximate surface area is 164 Å². The van der Waals surface area contributed by atoms with Gasteiger partial charge >= 0.3 is 0 Å². The molecule has 1 aliphatic heterocycles. The van der Waals surface area contributed by atoms with Crippen LogP contribution in [0.5, 0.6) is 0 Å². The van der Waals surface area contributed by atoms with Gasteiger partial charge in [-0.15, -0.1) is 16.9 Å². The zero-order valence-corrected chi connectivity index (χ0v) is 16.6. The lowest BCUT2D eigenvalue weighted by Crippen LogP contribution is -2.30. The number of hydrogen-bond donors (Lipinski definition) is 2. The molecule has 1 aromatic carbocycles. The van der Waals surface area contributed by atoms with Crippen molar-refractivity contribution in [3.05, 3.63) is 35.7 Å². The summed E-state index contributed by atoms with van der Waals surface area (Å²) in [6.07, 6.45) is 7.37. The first-order valence-electron chi connectivity index (χ1n) is 9.91. The molecule has 6 nitrogen and oxygen atoms in total. The zero-order valence-electron chi connectivity index (χ0n) is 15.8. The van der Waals surface area contributed by atoms with Gasteiger partial charge in [-0.05, 0) is 70.0 Å². The van der Waals surface area contributed by atoms with Crippen molar-refractivity contribution in [3.8, 4) is 0 Å². The number of piperidine rings is 1. The fourth-order valence-electron chi connectivity index (χ4n) is 3.95. The van der Waals surface area contributed by atoms with Gasteiger partial charge in [0.25, 0.3) is 5.91 Å². The van der Waals surface area contributed by atoms with Crippen LogP contribution in [-0.2, 0) is 0 Å². The summed E-state index contributed by atoms with van der Waals surface area (Å²) in [6.45, 7) is 3.89. The molecule has 2 aliphatic rings. The molecule has 1 saturated heterocycles. The Morgan fingerprint density at radius 2 is 1.85 bits per heavy atom. The van der Waals surface area contributed by atoms with Crippen molar-refractivity contribution >= 4 is 23.4 Å². The number of carbonyl (C=O) groups is 1. The van der Waals surface area contributed by atoms with Crippen molar-refractivity contribution in [2.75, 3.05) is 18.4 Å². The summed E-state index contributed by atoms with van der Waals surface area (Å²) in [5, 5.41) is 15.5. The monoisotopic (exact) mass is 385 g/mol. The topological polar surface area (TPSA) is 71.8 Å². The van der Waals surface area contributed by atoms with Gasteiger partial charge in [-0.3, -0.25) is 4.79 Å². The Bertz CT molecular complexity index is 776. The number of carbonyl (C=O) groups excluding carboxylic acids is 1. The number of amides is 1. The molecule has 144 valence electrons. The van der Waals surface area contributed by atoms with Gasteiger partial charge in [-0.2, -0.15) is 0 Å². The number of rotatable bonds is 5. The lowest BCUT2D eigenvalue weighted by Gasteiger charge is -2.23. The second kappa shape index (κ2) is 8.44. The highest BCUT2D eigenvalue weighted by atomic mass is 32.2. The van der Waals surface area contributed by atoms with Gasteiger partial charge in [0, 0.05) is 15.8 Å². The maximum absolute atomic E-state index is 12.7. The fraction of sp³-hybridized carbons (Fsp3) is 0.550. The predicted octanol–water partition coefficient (Wildman–Crippen LogP) is 3.80. The molecule has 0 bridgehead atoms. The molecule has 0 atom stereocenters. The van der Waals surface area contributed by atoms with Crippen LogP contribution in [0.15, 0.2) is 29.2 Å². The van der Waals surface area contributed by atoms with Crippen LogP contribution in [0.25, 0.3) is 0 Å². The maximum atomic E-state index is 12.7. The van der Waals surface area contributed by atoms with Gasteiger partial charge in [0.1, 0.15) is 0 Å². The van der Waals surface area contributed by atoms with E-state index in [4.69, 9.17) is 0 Å². The number of aromatic nitrogens is 3. The van der Waals surface area contributed by atoms with E-state index in [-0.39, 0.29) is 5.91 Å². The summed E-state index contributed by atoms with van der Waals surface area (Å²) < 4.78 is 1.91. The molecule has 27 heavy (non-hydrogen) atoms. The minimum Gasteiger partial charge on any atom is -0.321 e. The summed E-state index contributed by atoms with van der Waals surface area (Å²) in [5.41, 5.74) is 2.05. The van der Waals surface area contributed by atoms with Crippen LogP contribution in [0.2, 0.25) is 0 Å². The average molecular weight is 386 g/mol. The second-order valence-corrected chi connectivity index (χ2v) is 8.83. The first-order chi connectivity index (χ1) is 13.2. The van der Waals surface area contributed by atoms with E-state index in [0.717, 1.165) is 42.6 Å². The quantitative estimate of drug-likeness (QED) is 0.819. The summed E-state index contributed by atoms with van der Waals surface area (Å²) in [4.78, 5) is 13.9. The molecule has 2 heterocycles.